The van der Waals surface area contributed by atoms with E-state index in [9.17, 15) is 14.4 Å². The molecule has 0 spiro atoms. The molecule has 8 heteroatoms. The highest BCUT2D eigenvalue weighted by Crippen LogP contribution is 2.28. The highest BCUT2D eigenvalue weighted by Gasteiger charge is 2.21. The number of H-pyrrole nitrogens is 1. The summed E-state index contributed by atoms with van der Waals surface area (Å²) in [5, 5.41) is 6.88. The topological polar surface area (TPSA) is 107 Å². The van der Waals surface area contributed by atoms with Crippen molar-refractivity contribution in [2.75, 3.05) is 23.8 Å². The number of amides is 2. The van der Waals surface area contributed by atoms with Crippen LogP contribution < -0.4 is 21.1 Å². The van der Waals surface area contributed by atoms with E-state index in [0.29, 0.717) is 46.6 Å². The number of benzene rings is 1. The number of aromatic nitrogens is 2. The van der Waals surface area contributed by atoms with Crippen LogP contribution in [0.5, 0.6) is 0 Å². The lowest BCUT2D eigenvalue weighted by molar-refractivity contribution is -0.118. The fourth-order valence-electron chi connectivity index (χ4n) is 3.64. The van der Waals surface area contributed by atoms with Crippen molar-refractivity contribution in [2.24, 2.45) is 0 Å². The molecule has 8 nitrogen and oxygen atoms in total. The highest BCUT2D eigenvalue weighted by molar-refractivity contribution is 5.99. The van der Waals surface area contributed by atoms with Gasteiger partial charge in [0.15, 0.2) is 0 Å². The molecule has 0 unspecified atom stereocenters. The number of fused-ring (bicyclic) bond motifs is 1. The van der Waals surface area contributed by atoms with E-state index >= 15 is 0 Å². The van der Waals surface area contributed by atoms with E-state index in [1.165, 1.54) is 0 Å². The molecule has 0 atom stereocenters. The van der Waals surface area contributed by atoms with Gasteiger partial charge >= 0.3 is 0 Å². The van der Waals surface area contributed by atoms with Crippen molar-refractivity contribution in [1.29, 1.82) is 0 Å². The maximum Gasteiger partial charge on any atom is 0.259 e. The lowest BCUT2D eigenvalue weighted by Crippen LogP contribution is -2.31. The summed E-state index contributed by atoms with van der Waals surface area (Å²) in [5.74, 6) is 0.770. The summed E-state index contributed by atoms with van der Waals surface area (Å²) >= 11 is 0. The van der Waals surface area contributed by atoms with Gasteiger partial charge in [-0.05, 0) is 54.6 Å². The summed E-state index contributed by atoms with van der Waals surface area (Å²) in [6, 6.07) is 10.5. The highest BCUT2D eigenvalue weighted by atomic mass is 16.2. The molecule has 3 N–H and O–H groups in total. The molecule has 1 aliphatic rings. The molecule has 30 heavy (non-hydrogen) atoms. The Morgan fingerprint density at radius 1 is 1.10 bits per heavy atom. The first kappa shape index (κ1) is 19.6. The Hall–Kier alpha value is -3.68. The van der Waals surface area contributed by atoms with Gasteiger partial charge in [-0.3, -0.25) is 19.3 Å². The van der Waals surface area contributed by atoms with Gasteiger partial charge in [0.05, 0.1) is 5.39 Å². The summed E-state index contributed by atoms with van der Waals surface area (Å²) < 4.78 is 0. The second kappa shape index (κ2) is 8.36. The lowest BCUT2D eigenvalue weighted by Gasteiger charge is -2.21. The van der Waals surface area contributed by atoms with Crippen LogP contribution in [0.4, 0.5) is 17.3 Å². The first-order valence-corrected chi connectivity index (χ1v) is 9.99. The number of nitrogens with zero attached hydrogens (tertiary/aromatic N) is 2. The van der Waals surface area contributed by atoms with Crippen molar-refractivity contribution >= 4 is 39.9 Å². The monoisotopic (exact) mass is 405 g/mol. The zero-order chi connectivity index (χ0) is 21.1. The van der Waals surface area contributed by atoms with Crippen LogP contribution in [-0.2, 0) is 4.79 Å². The number of hydrogen-bond acceptors (Lipinski definition) is 5. The molecule has 1 fully saturated rings. The summed E-state index contributed by atoms with van der Waals surface area (Å²) in [7, 11) is 1.58. The van der Waals surface area contributed by atoms with Gasteiger partial charge in [0.25, 0.3) is 11.5 Å². The predicted molar refractivity (Wildman–Crippen MR) is 116 cm³/mol. The summed E-state index contributed by atoms with van der Waals surface area (Å²) in [6.45, 7) is 0.612. The Labute approximate surface area is 173 Å². The Balaban J connectivity index is 1.76. The van der Waals surface area contributed by atoms with Crippen molar-refractivity contribution in [2.45, 2.75) is 25.7 Å². The van der Waals surface area contributed by atoms with E-state index in [0.717, 1.165) is 19.3 Å². The first-order valence-electron chi connectivity index (χ1n) is 9.99. The minimum Gasteiger partial charge on any atom is -0.355 e. The second-order valence-corrected chi connectivity index (χ2v) is 7.24. The minimum absolute atomic E-state index is 0.0464. The minimum atomic E-state index is -0.266. The third-order valence-electron chi connectivity index (χ3n) is 5.23. The van der Waals surface area contributed by atoms with Gasteiger partial charge in [-0.2, -0.15) is 0 Å². The Bertz CT molecular complexity index is 1150. The second-order valence-electron chi connectivity index (χ2n) is 7.24. The zero-order valence-corrected chi connectivity index (χ0v) is 16.7. The van der Waals surface area contributed by atoms with Gasteiger partial charge in [0, 0.05) is 37.5 Å². The number of pyridine rings is 2. The molecular formula is C22H23N5O3. The molecule has 3 heterocycles. The average Bonchev–Trinajstić information content (AvgIpc) is 2.98. The number of hydrogen-bond donors (Lipinski definition) is 3. The van der Waals surface area contributed by atoms with Crippen molar-refractivity contribution in [3.63, 3.8) is 0 Å². The van der Waals surface area contributed by atoms with Crippen LogP contribution in [0, 0.1) is 0 Å². The third kappa shape index (κ3) is 3.89. The number of anilines is 3. The van der Waals surface area contributed by atoms with E-state index in [1.54, 1.807) is 54.5 Å². The van der Waals surface area contributed by atoms with Crippen LogP contribution in [0.2, 0.25) is 0 Å². The zero-order valence-electron chi connectivity index (χ0n) is 16.7. The number of nitrogens with one attached hydrogen (secondary N) is 3. The Morgan fingerprint density at radius 3 is 2.67 bits per heavy atom. The molecule has 0 bridgehead atoms. The van der Waals surface area contributed by atoms with E-state index in [-0.39, 0.29) is 17.4 Å². The van der Waals surface area contributed by atoms with Gasteiger partial charge in [-0.1, -0.05) is 6.42 Å². The van der Waals surface area contributed by atoms with Gasteiger partial charge in [0.2, 0.25) is 5.91 Å². The molecule has 0 radical (unpaired) electrons. The quantitative estimate of drug-likeness (QED) is 0.619. The third-order valence-corrected chi connectivity index (χ3v) is 5.23. The van der Waals surface area contributed by atoms with E-state index in [2.05, 4.69) is 20.6 Å². The van der Waals surface area contributed by atoms with E-state index < -0.39 is 0 Å². The number of rotatable bonds is 4. The normalized spacial score (nSPS) is 14.4. The summed E-state index contributed by atoms with van der Waals surface area (Å²) in [5.41, 5.74) is 0.944. The van der Waals surface area contributed by atoms with Crippen LogP contribution in [-0.4, -0.2) is 35.4 Å². The SMILES string of the molecule is CNC(=O)c1ccc(Nc2nc(N3CCCCCC3=O)cc3cc[nH]c(=O)c23)cc1. The van der Waals surface area contributed by atoms with Crippen LogP contribution >= 0.6 is 0 Å². The van der Waals surface area contributed by atoms with Gasteiger partial charge < -0.3 is 15.6 Å². The molecule has 1 saturated heterocycles. The molecule has 2 aromatic heterocycles. The standard InChI is InChI=1S/C22H23N5O3/c1-23-21(29)14-6-8-16(9-7-14)25-20-19-15(10-11-24-22(19)30)13-17(26-20)27-12-4-2-3-5-18(27)28/h6-11,13H,2-5,12H2,1H3,(H,23,29)(H,24,30)(H,25,26). The predicted octanol–water partition coefficient (Wildman–Crippen LogP) is 2.93. The number of carbonyl (C=O) groups excluding carboxylic acids is 2. The van der Waals surface area contributed by atoms with Crippen molar-refractivity contribution in [1.82, 2.24) is 15.3 Å². The Kier molecular flexibility index (Phi) is 5.47. The Morgan fingerprint density at radius 2 is 1.90 bits per heavy atom. The maximum atomic E-state index is 12.6. The van der Waals surface area contributed by atoms with Crippen LogP contribution in [0.3, 0.4) is 0 Å². The molecule has 1 aliphatic heterocycles. The average molecular weight is 405 g/mol. The molecule has 154 valence electrons. The first-order chi connectivity index (χ1) is 14.6. The van der Waals surface area contributed by atoms with Crippen LogP contribution in [0.15, 0.2) is 47.4 Å². The molecule has 3 aromatic rings. The lowest BCUT2D eigenvalue weighted by atomic mass is 10.1. The maximum absolute atomic E-state index is 12.6. The van der Waals surface area contributed by atoms with E-state index in [4.69, 9.17) is 0 Å². The smallest absolute Gasteiger partial charge is 0.259 e. The summed E-state index contributed by atoms with van der Waals surface area (Å²) in [6.07, 6.45) is 4.90. The van der Waals surface area contributed by atoms with Gasteiger partial charge in [-0.15, -0.1) is 0 Å². The molecular weight excluding hydrogens is 382 g/mol. The van der Waals surface area contributed by atoms with Crippen molar-refractivity contribution in [3.05, 3.63) is 58.5 Å². The van der Waals surface area contributed by atoms with E-state index in [1.807, 2.05) is 0 Å². The number of aromatic amines is 1. The van der Waals surface area contributed by atoms with Crippen LogP contribution in [0.1, 0.15) is 36.0 Å². The molecule has 0 saturated carbocycles. The van der Waals surface area contributed by atoms with Gasteiger partial charge in [-0.25, -0.2) is 4.98 Å². The number of carbonyl (C=O) groups is 2. The molecule has 2 amide bonds. The van der Waals surface area contributed by atoms with Gasteiger partial charge in [0.1, 0.15) is 11.6 Å². The van der Waals surface area contributed by atoms with Crippen molar-refractivity contribution < 1.29 is 9.59 Å². The molecule has 0 aliphatic carbocycles. The largest absolute Gasteiger partial charge is 0.355 e. The summed E-state index contributed by atoms with van der Waals surface area (Å²) in [4.78, 5) is 45.9. The molecule has 4 rings (SSSR count). The van der Waals surface area contributed by atoms with Crippen LogP contribution in [0.25, 0.3) is 10.8 Å². The molecule has 1 aromatic carbocycles. The van der Waals surface area contributed by atoms with Crippen molar-refractivity contribution in [3.8, 4) is 0 Å². The fraction of sp³-hybridized carbons (Fsp3) is 0.273. The fourth-order valence-corrected chi connectivity index (χ4v) is 3.64.